The summed E-state index contributed by atoms with van der Waals surface area (Å²) in [4.78, 5) is 16.5. The van der Waals surface area contributed by atoms with Crippen LogP contribution < -0.4 is 5.32 Å². The van der Waals surface area contributed by atoms with Gasteiger partial charge in [-0.15, -0.1) is 0 Å². The first kappa shape index (κ1) is 13.5. The van der Waals surface area contributed by atoms with Crippen molar-refractivity contribution < 1.29 is 9.18 Å². The molecule has 0 aliphatic carbocycles. The molecule has 1 aromatic heterocycles. The predicted octanol–water partition coefficient (Wildman–Crippen LogP) is 3.21. The second-order valence-electron chi connectivity index (χ2n) is 4.76. The highest BCUT2D eigenvalue weighted by atomic mass is 19.1. The van der Waals surface area contributed by atoms with Crippen LogP contribution in [-0.2, 0) is 0 Å². The van der Waals surface area contributed by atoms with E-state index in [0.29, 0.717) is 16.5 Å². The van der Waals surface area contributed by atoms with Gasteiger partial charge in [0.15, 0.2) is 0 Å². The SMILES string of the molecule is CC[C@H](C)NC(=O)c1cc(C)nc2ccc(F)cc12. The summed E-state index contributed by atoms with van der Waals surface area (Å²) in [6.07, 6.45) is 0.849. The van der Waals surface area contributed by atoms with Crippen molar-refractivity contribution in [2.24, 2.45) is 0 Å². The molecule has 0 spiro atoms. The summed E-state index contributed by atoms with van der Waals surface area (Å²) in [6.45, 7) is 5.76. The molecule has 0 aliphatic heterocycles. The molecule has 3 nitrogen and oxygen atoms in total. The number of nitrogens with one attached hydrogen (secondary N) is 1. The highest BCUT2D eigenvalue weighted by molar-refractivity contribution is 6.06. The second-order valence-corrected chi connectivity index (χ2v) is 4.76. The van der Waals surface area contributed by atoms with Gasteiger partial charge in [0.25, 0.3) is 5.91 Å². The first-order valence-corrected chi connectivity index (χ1v) is 6.39. The molecular formula is C15H17FN2O. The number of nitrogens with zero attached hydrogens (tertiary/aromatic N) is 1. The number of halogens is 1. The van der Waals surface area contributed by atoms with Crippen LogP contribution in [-0.4, -0.2) is 16.9 Å². The molecule has 1 amide bonds. The van der Waals surface area contributed by atoms with Gasteiger partial charge in [0, 0.05) is 17.1 Å². The largest absolute Gasteiger partial charge is 0.350 e. The number of aryl methyl sites for hydroxylation is 1. The van der Waals surface area contributed by atoms with Crippen LogP contribution in [0.1, 0.15) is 36.3 Å². The third-order valence-electron chi connectivity index (χ3n) is 3.13. The van der Waals surface area contributed by atoms with Crippen molar-refractivity contribution in [1.82, 2.24) is 10.3 Å². The average Bonchev–Trinajstić information content (AvgIpc) is 2.38. The van der Waals surface area contributed by atoms with Crippen molar-refractivity contribution in [1.29, 1.82) is 0 Å². The Morgan fingerprint density at radius 2 is 2.16 bits per heavy atom. The fourth-order valence-electron chi connectivity index (χ4n) is 1.92. The van der Waals surface area contributed by atoms with Gasteiger partial charge in [0.05, 0.1) is 11.1 Å². The minimum absolute atomic E-state index is 0.0876. The molecule has 0 aliphatic rings. The van der Waals surface area contributed by atoms with Crippen molar-refractivity contribution in [2.45, 2.75) is 33.2 Å². The molecule has 0 saturated heterocycles. The Hall–Kier alpha value is -1.97. The fourth-order valence-corrected chi connectivity index (χ4v) is 1.92. The molecule has 0 unspecified atom stereocenters. The maximum Gasteiger partial charge on any atom is 0.252 e. The first-order valence-electron chi connectivity index (χ1n) is 6.39. The molecule has 100 valence electrons. The zero-order chi connectivity index (χ0) is 14.0. The van der Waals surface area contributed by atoms with Gasteiger partial charge in [-0.2, -0.15) is 0 Å². The topological polar surface area (TPSA) is 42.0 Å². The third kappa shape index (κ3) is 2.89. The number of fused-ring (bicyclic) bond motifs is 1. The van der Waals surface area contributed by atoms with Crippen LogP contribution in [0.15, 0.2) is 24.3 Å². The summed E-state index contributed by atoms with van der Waals surface area (Å²) < 4.78 is 13.3. The van der Waals surface area contributed by atoms with E-state index in [9.17, 15) is 9.18 Å². The molecule has 0 fully saturated rings. The van der Waals surface area contributed by atoms with E-state index in [1.54, 1.807) is 12.1 Å². The molecule has 1 N–H and O–H groups in total. The first-order chi connectivity index (χ1) is 9.01. The number of aromatic nitrogens is 1. The monoisotopic (exact) mass is 260 g/mol. The lowest BCUT2D eigenvalue weighted by Gasteiger charge is -2.13. The Bertz CT molecular complexity index is 625. The van der Waals surface area contributed by atoms with E-state index in [1.165, 1.54) is 12.1 Å². The predicted molar refractivity (Wildman–Crippen MR) is 73.7 cm³/mol. The summed E-state index contributed by atoms with van der Waals surface area (Å²) in [5, 5.41) is 3.44. The lowest BCUT2D eigenvalue weighted by Crippen LogP contribution is -2.32. The molecule has 1 aromatic carbocycles. The minimum atomic E-state index is -0.365. The highest BCUT2D eigenvalue weighted by Gasteiger charge is 2.14. The van der Waals surface area contributed by atoms with Crippen LogP contribution in [0.3, 0.4) is 0 Å². The Labute approximate surface area is 111 Å². The second kappa shape index (κ2) is 5.34. The van der Waals surface area contributed by atoms with Crippen molar-refractivity contribution in [3.05, 3.63) is 41.3 Å². The minimum Gasteiger partial charge on any atom is -0.350 e. The smallest absolute Gasteiger partial charge is 0.252 e. The van der Waals surface area contributed by atoms with Crippen LogP contribution in [0, 0.1) is 12.7 Å². The van der Waals surface area contributed by atoms with E-state index in [4.69, 9.17) is 0 Å². The van der Waals surface area contributed by atoms with Gasteiger partial charge in [0.1, 0.15) is 5.82 Å². The molecule has 2 rings (SSSR count). The van der Waals surface area contributed by atoms with E-state index in [2.05, 4.69) is 10.3 Å². The number of amides is 1. The van der Waals surface area contributed by atoms with Crippen molar-refractivity contribution in [2.75, 3.05) is 0 Å². The molecule has 0 radical (unpaired) electrons. The number of rotatable bonds is 3. The molecule has 0 bridgehead atoms. The Balaban J connectivity index is 2.52. The normalized spacial score (nSPS) is 12.4. The zero-order valence-corrected chi connectivity index (χ0v) is 11.3. The number of pyridine rings is 1. The average molecular weight is 260 g/mol. The van der Waals surface area contributed by atoms with Gasteiger partial charge in [-0.05, 0) is 44.5 Å². The molecule has 19 heavy (non-hydrogen) atoms. The summed E-state index contributed by atoms with van der Waals surface area (Å²) in [5.74, 6) is -0.550. The lowest BCUT2D eigenvalue weighted by molar-refractivity contribution is 0.0941. The number of carbonyl (C=O) groups is 1. The van der Waals surface area contributed by atoms with Gasteiger partial charge >= 0.3 is 0 Å². The molecule has 0 saturated carbocycles. The molecule has 1 heterocycles. The summed E-state index contributed by atoms with van der Waals surface area (Å²) in [5.41, 5.74) is 1.85. The van der Waals surface area contributed by atoms with Crippen molar-refractivity contribution >= 4 is 16.8 Å². The van der Waals surface area contributed by atoms with Crippen molar-refractivity contribution in [3.63, 3.8) is 0 Å². The molecule has 2 aromatic rings. The summed E-state index contributed by atoms with van der Waals surface area (Å²) in [7, 11) is 0. The quantitative estimate of drug-likeness (QED) is 0.920. The number of hydrogen-bond acceptors (Lipinski definition) is 2. The van der Waals surface area contributed by atoms with E-state index < -0.39 is 0 Å². The summed E-state index contributed by atoms with van der Waals surface area (Å²) >= 11 is 0. The van der Waals surface area contributed by atoms with Crippen LogP contribution in [0.5, 0.6) is 0 Å². The Kier molecular flexibility index (Phi) is 3.79. The molecule has 4 heteroatoms. The van der Waals surface area contributed by atoms with Crippen LogP contribution in [0.25, 0.3) is 10.9 Å². The molecular weight excluding hydrogens is 243 g/mol. The van der Waals surface area contributed by atoms with Gasteiger partial charge in [-0.3, -0.25) is 9.78 Å². The third-order valence-corrected chi connectivity index (χ3v) is 3.13. The van der Waals surface area contributed by atoms with Gasteiger partial charge < -0.3 is 5.32 Å². The standard InChI is InChI=1S/C15H17FN2O/c1-4-9(2)18-15(19)13-7-10(3)17-14-6-5-11(16)8-12(13)14/h5-9H,4H2,1-3H3,(H,18,19)/t9-/m0/s1. The van der Waals surface area contributed by atoms with Crippen molar-refractivity contribution in [3.8, 4) is 0 Å². The van der Waals surface area contributed by atoms with Gasteiger partial charge in [0.2, 0.25) is 0 Å². The Morgan fingerprint density at radius 1 is 1.42 bits per heavy atom. The van der Waals surface area contributed by atoms with Gasteiger partial charge in [-0.1, -0.05) is 6.92 Å². The maximum absolute atomic E-state index is 13.3. The van der Waals surface area contributed by atoms with Crippen LogP contribution >= 0.6 is 0 Å². The van der Waals surface area contributed by atoms with Gasteiger partial charge in [-0.25, -0.2) is 4.39 Å². The lowest BCUT2D eigenvalue weighted by atomic mass is 10.1. The van der Waals surface area contributed by atoms with E-state index in [0.717, 1.165) is 12.1 Å². The fraction of sp³-hybridized carbons (Fsp3) is 0.333. The van der Waals surface area contributed by atoms with Crippen LogP contribution in [0.2, 0.25) is 0 Å². The van der Waals surface area contributed by atoms with E-state index >= 15 is 0 Å². The maximum atomic E-state index is 13.3. The van der Waals surface area contributed by atoms with Crippen LogP contribution in [0.4, 0.5) is 4.39 Å². The van der Waals surface area contributed by atoms with E-state index in [1.807, 2.05) is 20.8 Å². The van der Waals surface area contributed by atoms with E-state index in [-0.39, 0.29) is 17.8 Å². The number of benzene rings is 1. The number of hydrogen-bond donors (Lipinski definition) is 1. The Morgan fingerprint density at radius 3 is 2.84 bits per heavy atom. The number of carbonyl (C=O) groups excluding carboxylic acids is 1. The summed E-state index contributed by atoms with van der Waals surface area (Å²) in [6, 6.07) is 6.08. The molecule has 1 atom stereocenters. The highest BCUT2D eigenvalue weighted by Crippen LogP contribution is 2.20. The zero-order valence-electron chi connectivity index (χ0n) is 11.3.